The van der Waals surface area contributed by atoms with Crippen LogP contribution >= 0.6 is 0 Å². The number of rotatable bonds is 3. The van der Waals surface area contributed by atoms with Gasteiger partial charge < -0.3 is 19.2 Å². The number of fused-ring (bicyclic) bond motifs is 1. The van der Waals surface area contributed by atoms with Crippen molar-refractivity contribution < 1.29 is 19.1 Å². The van der Waals surface area contributed by atoms with E-state index in [4.69, 9.17) is 9.15 Å². The summed E-state index contributed by atoms with van der Waals surface area (Å²) in [6.07, 6.45) is 2.09. The average Bonchev–Trinajstić information content (AvgIpc) is 2.98. The lowest BCUT2D eigenvalue weighted by molar-refractivity contribution is -0.207. The van der Waals surface area contributed by atoms with E-state index in [1.165, 1.54) is 0 Å². The van der Waals surface area contributed by atoms with Gasteiger partial charge in [-0.05, 0) is 32.8 Å². The number of aliphatic hydroxyl groups excluding tert-OH is 1. The zero-order valence-corrected chi connectivity index (χ0v) is 14.8. The lowest BCUT2D eigenvalue weighted by Crippen LogP contribution is -2.62. The van der Waals surface area contributed by atoms with Crippen molar-refractivity contribution in [3.8, 4) is 0 Å². The Bertz CT molecular complexity index is 786. The third kappa shape index (κ3) is 2.49. The normalized spacial score (nSPS) is 25.3. The van der Waals surface area contributed by atoms with Crippen LogP contribution in [-0.4, -0.2) is 47.8 Å². The molecule has 134 valence electrons. The number of carbonyl (C=O) groups is 1. The molecular weight excluding hydrogens is 318 g/mol. The van der Waals surface area contributed by atoms with Gasteiger partial charge in [-0.1, -0.05) is 18.2 Å². The number of benzene rings is 1. The molecular formula is C20H25NO4. The Kier molecular flexibility index (Phi) is 4.08. The van der Waals surface area contributed by atoms with Crippen molar-refractivity contribution in [1.29, 1.82) is 0 Å². The highest BCUT2D eigenvalue weighted by Gasteiger charge is 2.56. The number of piperidine rings is 1. The molecule has 0 bridgehead atoms. The second-order valence-corrected chi connectivity index (χ2v) is 7.27. The topological polar surface area (TPSA) is 62.9 Å². The molecule has 1 aliphatic carbocycles. The third-order valence-electron chi connectivity index (χ3n) is 6.13. The second-order valence-electron chi connectivity index (χ2n) is 7.27. The molecule has 1 N–H and O–H groups in total. The highest BCUT2D eigenvalue weighted by Crippen LogP contribution is 2.51. The number of ether oxygens (including phenoxy) is 1. The van der Waals surface area contributed by atoms with Crippen LogP contribution < -0.4 is 0 Å². The fourth-order valence-corrected chi connectivity index (χ4v) is 4.46. The van der Waals surface area contributed by atoms with Crippen LogP contribution in [0.25, 0.3) is 11.0 Å². The van der Waals surface area contributed by atoms with Gasteiger partial charge in [0.15, 0.2) is 5.76 Å². The number of hydrogen-bond acceptors (Lipinski definition) is 4. The first-order valence-electron chi connectivity index (χ1n) is 9.14. The number of furan rings is 1. The minimum atomic E-state index is -0.311. The van der Waals surface area contributed by atoms with Crippen molar-refractivity contribution in [3.05, 3.63) is 35.6 Å². The molecule has 2 aliphatic rings. The van der Waals surface area contributed by atoms with Crippen molar-refractivity contribution in [2.45, 2.75) is 45.3 Å². The molecule has 1 spiro atoms. The van der Waals surface area contributed by atoms with Crippen molar-refractivity contribution in [2.24, 2.45) is 5.41 Å². The maximum atomic E-state index is 12.9. The SMILES string of the molecule is CCO[C@@H]1C[C@@H](O)C12CCN(C(=O)c1oc3ccccc3c1C)CC2. The second kappa shape index (κ2) is 6.15. The number of amides is 1. The standard InChI is InChI=1S/C20H25NO4/c1-3-24-17-12-16(22)20(17)8-10-21(11-9-20)19(23)18-13(2)14-6-4-5-7-15(14)25-18/h4-7,16-17,22H,3,8-12H2,1-2H3/t16-,17-/m1/s1. The van der Waals surface area contributed by atoms with Gasteiger partial charge in [-0.15, -0.1) is 0 Å². The molecule has 1 aliphatic heterocycles. The summed E-state index contributed by atoms with van der Waals surface area (Å²) in [4.78, 5) is 14.8. The quantitative estimate of drug-likeness (QED) is 0.930. The summed E-state index contributed by atoms with van der Waals surface area (Å²) in [6.45, 7) is 5.86. The van der Waals surface area contributed by atoms with Gasteiger partial charge in [-0.2, -0.15) is 0 Å². The maximum absolute atomic E-state index is 12.9. The van der Waals surface area contributed by atoms with Gasteiger partial charge in [0.05, 0.1) is 12.2 Å². The summed E-state index contributed by atoms with van der Waals surface area (Å²) in [5.74, 6) is 0.387. The first-order valence-corrected chi connectivity index (χ1v) is 9.14. The number of carbonyl (C=O) groups excluding carboxylic acids is 1. The average molecular weight is 343 g/mol. The summed E-state index contributed by atoms with van der Waals surface area (Å²) in [5, 5.41) is 11.3. The Morgan fingerprint density at radius 1 is 1.36 bits per heavy atom. The van der Waals surface area contributed by atoms with E-state index in [1.54, 1.807) is 0 Å². The van der Waals surface area contributed by atoms with Gasteiger partial charge in [0.2, 0.25) is 0 Å². The van der Waals surface area contributed by atoms with E-state index in [0.717, 1.165) is 29.4 Å². The minimum Gasteiger partial charge on any atom is -0.451 e. The molecule has 2 fully saturated rings. The fraction of sp³-hybridized carbons (Fsp3) is 0.550. The Morgan fingerprint density at radius 3 is 2.72 bits per heavy atom. The molecule has 2 aromatic rings. The lowest BCUT2D eigenvalue weighted by atomic mass is 9.58. The van der Waals surface area contributed by atoms with Gasteiger partial charge in [0, 0.05) is 42.5 Å². The van der Waals surface area contributed by atoms with E-state index in [9.17, 15) is 9.90 Å². The molecule has 4 rings (SSSR count). The van der Waals surface area contributed by atoms with Crippen molar-refractivity contribution in [3.63, 3.8) is 0 Å². The molecule has 1 saturated carbocycles. The van der Waals surface area contributed by atoms with E-state index in [1.807, 2.05) is 43.0 Å². The predicted octanol–water partition coefficient (Wildman–Crippen LogP) is 3.13. The Morgan fingerprint density at radius 2 is 2.08 bits per heavy atom. The van der Waals surface area contributed by atoms with Crippen LogP contribution in [0.15, 0.2) is 28.7 Å². The van der Waals surface area contributed by atoms with Gasteiger partial charge in [-0.3, -0.25) is 4.79 Å². The highest BCUT2D eigenvalue weighted by molar-refractivity contribution is 5.98. The fourth-order valence-electron chi connectivity index (χ4n) is 4.46. The van der Waals surface area contributed by atoms with Crippen LogP contribution in [-0.2, 0) is 4.74 Å². The largest absolute Gasteiger partial charge is 0.451 e. The molecule has 5 nitrogen and oxygen atoms in total. The molecule has 2 atom stereocenters. The van der Waals surface area contributed by atoms with Crippen LogP contribution in [0.3, 0.4) is 0 Å². The maximum Gasteiger partial charge on any atom is 0.289 e. The van der Waals surface area contributed by atoms with Crippen LogP contribution in [0.1, 0.15) is 42.3 Å². The van der Waals surface area contributed by atoms with Gasteiger partial charge in [-0.25, -0.2) is 0 Å². The van der Waals surface area contributed by atoms with Crippen LogP contribution in [0.2, 0.25) is 0 Å². The van der Waals surface area contributed by atoms with E-state index in [-0.39, 0.29) is 23.5 Å². The zero-order chi connectivity index (χ0) is 17.6. The third-order valence-corrected chi connectivity index (χ3v) is 6.13. The van der Waals surface area contributed by atoms with E-state index >= 15 is 0 Å². The van der Waals surface area contributed by atoms with Crippen molar-refractivity contribution in [2.75, 3.05) is 19.7 Å². The number of nitrogens with zero attached hydrogens (tertiary/aromatic N) is 1. The van der Waals surface area contributed by atoms with Crippen LogP contribution in [0, 0.1) is 12.3 Å². The highest BCUT2D eigenvalue weighted by atomic mass is 16.5. The molecule has 1 aromatic carbocycles. The Balaban J connectivity index is 1.50. The first-order chi connectivity index (χ1) is 12.1. The number of para-hydroxylation sites is 1. The van der Waals surface area contributed by atoms with Gasteiger partial charge >= 0.3 is 0 Å². The number of aliphatic hydroxyl groups is 1. The van der Waals surface area contributed by atoms with E-state index in [0.29, 0.717) is 31.9 Å². The minimum absolute atomic E-state index is 0.0506. The monoisotopic (exact) mass is 343 g/mol. The van der Waals surface area contributed by atoms with Gasteiger partial charge in [0.25, 0.3) is 5.91 Å². The Labute approximate surface area is 147 Å². The summed E-state index contributed by atoms with van der Waals surface area (Å²) in [7, 11) is 0. The van der Waals surface area contributed by atoms with Crippen molar-refractivity contribution >= 4 is 16.9 Å². The number of aryl methyl sites for hydroxylation is 1. The molecule has 2 heterocycles. The molecule has 0 unspecified atom stereocenters. The molecule has 25 heavy (non-hydrogen) atoms. The summed E-state index contributed by atoms with van der Waals surface area (Å²) < 4.78 is 11.6. The predicted molar refractivity (Wildman–Crippen MR) is 94.6 cm³/mol. The molecule has 0 radical (unpaired) electrons. The van der Waals surface area contributed by atoms with Crippen molar-refractivity contribution in [1.82, 2.24) is 4.90 Å². The van der Waals surface area contributed by atoms with Crippen LogP contribution in [0.5, 0.6) is 0 Å². The summed E-state index contributed by atoms with van der Waals surface area (Å²) in [5.41, 5.74) is 1.48. The number of likely N-dealkylation sites (tertiary alicyclic amines) is 1. The van der Waals surface area contributed by atoms with E-state index in [2.05, 4.69) is 0 Å². The molecule has 1 amide bonds. The molecule has 1 aromatic heterocycles. The summed E-state index contributed by atoms with van der Waals surface area (Å²) >= 11 is 0. The Hall–Kier alpha value is -1.85. The smallest absolute Gasteiger partial charge is 0.289 e. The lowest BCUT2D eigenvalue weighted by Gasteiger charge is -2.56. The first kappa shape index (κ1) is 16.6. The summed E-state index contributed by atoms with van der Waals surface area (Å²) in [6, 6.07) is 7.74. The number of hydrogen-bond donors (Lipinski definition) is 1. The van der Waals surface area contributed by atoms with Gasteiger partial charge in [0.1, 0.15) is 5.58 Å². The zero-order valence-electron chi connectivity index (χ0n) is 14.8. The molecule has 5 heteroatoms. The molecule has 1 saturated heterocycles. The van der Waals surface area contributed by atoms with Crippen LogP contribution in [0.4, 0.5) is 0 Å². The van der Waals surface area contributed by atoms with E-state index < -0.39 is 0 Å².